The Bertz CT molecular complexity index is 1760. The van der Waals surface area contributed by atoms with Gasteiger partial charge >= 0.3 is 0 Å². The predicted molar refractivity (Wildman–Crippen MR) is 186 cm³/mol. The molecule has 0 aliphatic carbocycles. The van der Waals surface area contributed by atoms with Crippen molar-refractivity contribution in [2.75, 3.05) is 17.4 Å². The smallest absolute Gasteiger partial charge is 0.264 e. The molecule has 0 aliphatic rings. The minimum Gasteiger partial charge on any atom is -0.354 e. The molecule has 4 aromatic rings. The number of aryl methyl sites for hydroxylation is 2. The van der Waals surface area contributed by atoms with Gasteiger partial charge in [-0.05, 0) is 66.8 Å². The zero-order valence-electron chi connectivity index (χ0n) is 26.4. The van der Waals surface area contributed by atoms with Crippen LogP contribution in [0.4, 0.5) is 5.69 Å². The molecule has 0 unspecified atom stereocenters. The average Bonchev–Trinajstić information content (AvgIpc) is 3.03. The van der Waals surface area contributed by atoms with Crippen molar-refractivity contribution in [3.05, 3.63) is 129 Å². The third-order valence-corrected chi connectivity index (χ3v) is 9.96. The van der Waals surface area contributed by atoms with E-state index in [1.54, 1.807) is 55.5 Å². The summed E-state index contributed by atoms with van der Waals surface area (Å²) in [6.07, 6.45) is 0.210. The molecule has 46 heavy (non-hydrogen) atoms. The predicted octanol–water partition coefficient (Wildman–Crippen LogP) is 7.22. The number of halogens is 2. The molecule has 0 fully saturated rings. The number of rotatable bonds is 13. The molecule has 1 N–H and O–H groups in total. The second kappa shape index (κ2) is 15.6. The van der Waals surface area contributed by atoms with Crippen LogP contribution in [0.25, 0.3) is 0 Å². The van der Waals surface area contributed by atoms with Crippen LogP contribution in [0.15, 0.2) is 102 Å². The third kappa shape index (κ3) is 8.90. The molecule has 0 saturated heterocycles. The molecular formula is C36H39Cl2N3O4S. The minimum absolute atomic E-state index is 0.0158. The number of sulfonamides is 1. The number of carbonyl (C=O) groups is 2. The highest BCUT2D eigenvalue weighted by molar-refractivity contribution is 7.92. The summed E-state index contributed by atoms with van der Waals surface area (Å²) in [5.41, 5.74) is 3.24. The van der Waals surface area contributed by atoms with Crippen LogP contribution >= 0.6 is 23.2 Å². The van der Waals surface area contributed by atoms with E-state index < -0.39 is 28.5 Å². The second-order valence-electron chi connectivity index (χ2n) is 11.7. The number of amides is 2. The summed E-state index contributed by atoms with van der Waals surface area (Å²) < 4.78 is 29.6. The Hall–Kier alpha value is -3.85. The maximum Gasteiger partial charge on any atom is 0.264 e. The van der Waals surface area contributed by atoms with Gasteiger partial charge in [-0.1, -0.05) is 109 Å². The monoisotopic (exact) mass is 679 g/mol. The van der Waals surface area contributed by atoms with Crippen molar-refractivity contribution in [2.45, 2.75) is 51.6 Å². The Kier molecular flexibility index (Phi) is 11.9. The molecular weight excluding hydrogens is 641 g/mol. The number of benzene rings is 4. The van der Waals surface area contributed by atoms with Crippen molar-refractivity contribution in [1.82, 2.24) is 10.2 Å². The largest absolute Gasteiger partial charge is 0.354 e. The second-order valence-corrected chi connectivity index (χ2v) is 14.4. The van der Waals surface area contributed by atoms with Crippen LogP contribution in [0, 0.1) is 19.8 Å². The van der Waals surface area contributed by atoms with Gasteiger partial charge in [0.05, 0.1) is 10.6 Å². The summed E-state index contributed by atoms with van der Waals surface area (Å²) in [6, 6.07) is 26.9. The number of hydrogen-bond donors (Lipinski definition) is 1. The first-order valence-electron chi connectivity index (χ1n) is 15.1. The molecule has 0 heterocycles. The first-order chi connectivity index (χ1) is 21.9. The Labute approximate surface area is 282 Å². The molecule has 10 heteroatoms. The van der Waals surface area contributed by atoms with Gasteiger partial charge in [0, 0.05) is 29.6 Å². The Balaban J connectivity index is 1.84. The van der Waals surface area contributed by atoms with Gasteiger partial charge < -0.3 is 10.2 Å². The molecule has 7 nitrogen and oxygen atoms in total. The molecule has 2 amide bonds. The molecule has 0 saturated carbocycles. The lowest BCUT2D eigenvalue weighted by molar-refractivity contribution is -0.140. The van der Waals surface area contributed by atoms with Gasteiger partial charge in [-0.2, -0.15) is 0 Å². The van der Waals surface area contributed by atoms with E-state index in [2.05, 4.69) is 5.32 Å². The Morgan fingerprint density at radius 3 is 2.15 bits per heavy atom. The van der Waals surface area contributed by atoms with E-state index in [9.17, 15) is 18.0 Å². The number of carbonyl (C=O) groups excluding carboxylic acids is 2. The first-order valence-corrected chi connectivity index (χ1v) is 17.3. The van der Waals surface area contributed by atoms with Gasteiger partial charge in [0.25, 0.3) is 10.0 Å². The van der Waals surface area contributed by atoms with Crippen LogP contribution in [0.3, 0.4) is 0 Å². The number of nitrogens with one attached hydrogen (secondary N) is 1. The van der Waals surface area contributed by atoms with Crippen LogP contribution in [0.5, 0.6) is 0 Å². The van der Waals surface area contributed by atoms with E-state index >= 15 is 0 Å². The molecule has 0 aromatic heterocycles. The SMILES string of the molecule is Cc1ccc(S(=O)(=O)N(CC(=O)N(Cc2ccccc2Cl)[C@H](Cc2ccccc2)C(=O)NCC(C)C)c2cc(Cl)ccc2C)cc1. The Morgan fingerprint density at radius 1 is 0.848 bits per heavy atom. The van der Waals surface area contributed by atoms with Gasteiger partial charge in [0.2, 0.25) is 11.8 Å². The van der Waals surface area contributed by atoms with Crippen molar-refractivity contribution in [2.24, 2.45) is 5.92 Å². The van der Waals surface area contributed by atoms with Crippen molar-refractivity contribution in [1.29, 1.82) is 0 Å². The molecule has 0 bridgehead atoms. The first kappa shape index (κ1) is 35.0. The highest BCUT2D eigenvalue weighted by Crippen LogP contribution is 2.30. The number of nitrogens with zero attached hydrogens (tertiary/aromatic N) is 2. The van der Waals surface area contributed by atoms with Crippen LogP contribution in [-0.4, -0.2) is 44.3 Å². The fourth-order valence-electron chi connectivity index (χ4n) is 4.99. The van der Waals surface area contributed by atoms with Crippen LogP contribution in [0.1, 0.15) is 36.1 Å². The topological polar surface area (TPSA) is 86.8 Å². The summed E-state index contributed by atoms with van der Waals surface area (Å²) in [5.74, 6) is -0.740. The maximum absolute atomic E-state index is 14.6. The minimum atomic E-state index is -4.25. The van der Waals surface area contributed by atoms with Crippen molar-refractivity contribution < 1.29 is 18.0 Å². The van der Waals surface area contributed by atoms with Gasteiger partial charge in [-0.25, -0.2) is 8.42 Å². The summed E-state index contributed by atoms with van der Waals surface area (Å²) in [6.45, 7) is 7.41. The number of hydrogen-bond acceptors (Lipinski definition) is 4. The normalized spacial score (nSPS) is 12.1. The fraction of sp³-hybridized carbons (Fsp3) is 0.278. The van der Waals surface area contributed by atoms with Gasteiger partial charge in [0.1, 0.15) is 12.6 Å². The fourth-order valence-corrected chi connectivity index (χ4v) is 6.82. The van der Waals surface area contributed by atoms with Crippen molar-refractivity contribution >= 4 is 50.7 Å². The van der Waals surface area contributed by atoms with Crippen LogP contribution in [-0.2, 0) is 32.6 Å². The molecule has 0 spiro atoms. The lowest BCUT2D eigenvalue weighted by Crippen LogP contribution is -2.53. The summed E-state index contributed by atoms with van der Waals surface area (Å²) in [7, 11) is -4.25. The molecule has 4 aromatic carbocycles. The molecule has 0 radical (unpaired) electrons. The van der Waals surface area contributed by atoms with Crippen molar-refractivity contribution in [3.63, 3.8) is 0 Å². The highest BCUT2D eigenvalue weighted by atomic mass is 35.5. The molecule has 0 aliphatic heterocycles. The van der Waals surface area contributed by atoms with Gasteiger partial charge in [-0.15, -0.1) is 0 Å². The Morgan fingerprint density at radius 2 is 1.50 bits per heavy atom. The van der Waals surface area contributed by atoms with Crippen molar-refractivity contribution in [3.8, 4) is 0 Å². The van der Waals surface area contributed by atoms with Gasteiger partial charge in [-0.3, -0.25) is 13.9 Å². The maximum atomic E-state index is 14.6. The van der Waals surface area contributed by atoms with Crippen LogP contribution in [0.2, 0.25) is 10.0 Å². The lowest BCUT2D eigenvalue weighted by Gasteiger charge is -2.34. The number of anilines is 1. The lowest BCUT2D eigenvalue weighted by atomic mass is 10.0. The average molecular weight is 681 g/mol. The summed E-state index contributed by atoms with van der Waals surface area (Å²) >= 11 is 12.9. The molecule has 242 valence electrons. The summed E-state index contributed by atoms with van der Waals surface area (Å²) in [4.78, 5) is 30.0. The van der Waals surface area contributed by atoms with E-state index in [-0.39, 0.29) is 35.4 Å². The van der Waals surface area contributed by atoms with E-state index in [4.69, 9.17) is 23.2 Å². The quantitative estimate of drug-likeness (QED) is 0.162. The highest BCUT2D eigenvalue weighted by Gasteiger charge is 2.35. The zero-order valence-corrected chi connectivity index (χ0v) is 28.7. The summed E-state index contributed by atoms with van der Waals surface area (Å²) in [5, 5.41) is 3.73. The van der Waals surface area contributed by atoms with Crippen LogP contribution < -0.4 is 9.62 Å². The van der Waals surface area contributed by atoms with E-state index in [1.165, 1.54) is 23.1 Å². The van der Waals surface area contributed by atoms with E-state index in [0.717, 1.165) is 15.4 Å². The molecule has 1 atom stereocenters. The standard InChI is InChI=1S/C36H39Cl2N3O4S/c1-25(2)22-39-36(43)34(20-28-10-6-5-7-11-28)40(23-29-12-8-9-13-32(29)38)35(42)24-41(33-21-30(37)17-16-27(33)4)46(44,45)31-18-14-26(3)15-19-31/h5-19,21,25,34H,20,22-24H2,1-4H3,(H,39,43)/t34-/m1/s1. The zero-order chi connectivity index (χ0) is 33.4. The van der Waals surface area contributed by atoms with E-state index in [1.807, 2.05) is 51.1 Å². The van der Waals surface area contributed by atoms with E-state index in [0.29, 0.717) is 27.7 Å². The van der Waals surface area contributed by atoms with Gasteiger partial charge in [0.15, 0.2) is 0 Å². The third-order valence-electron chi connectivity index (χ3n) is 7.58. The molecule has 4 rings (SSSR count).